The van der Waals surface area contributed by atoms with E-state index in [9.17, 15) is 4.79 Å². The zero-order chi connectivity index (χ0) is 18.0. The van der Waals surface area contributed by atoms with Gasteiger partial charge in [-0.2, -0.15) is 0 Å². The van der Waals surface area contributed by atoms with Gasteiger partial charge in [-0.1, -0.05) is 33.8 Å². The lowest BCUT2D eigenvalue weighted by Crippen LogP contribution is -2.31. The van der Waals surface area contributed by atoms with E-state index in [2.05, 4.69) is 43.7 Å². The number of likely N-dealkylation sites (tertiary alicyclic amines) is 1. The molecule has 1 aliphatic rings. The Balaban J connectivity index is 1.65. The van der Waals surface area contributed by atoms with Gasteiger partial charge in [0.2, 0.25) is 5.91 Å². The van der Waals surface area contributed by atoms with Gasteiger partial charge in [0.1, 0.15) is 5.76 Å². The Morgan fingerprint density at radius 3 is 2.80 bits per heavy atom. The molecule has 0 aliphatic carbocycles. The van der Waals surface area contributed by atoms with Gasteiger partial charge in [0.25, 0.3) is 0 Å². The number of hydrogen-bond donors (Lipinski definition) is 0. The first kappa shape index (κ1) is 17.6. The highest BCUT2D eigenvalue weighted by atomic mass is 16.4. The van der Waals surface area contributed by atoms with Crippen molar-refractivity contribution < 1.29 is 9.21 Å². The van der Waals surface area contributed by atoms with E-state index in [-0.39, 0.29) is 17.4 Å². The molecule has 0 aromatic carbocycles. The first-order chi connectivity index (χ1) is 11.8. The number of aryl methyl sites for hydroxylation is 1. The molecule has 2 aromatic rings. The summed E-state index contributed by atoms with van der Waals surface area (Å²) in [5.41, 5.74) is 1.05. The molecule has 3 heterocycles. The zero-order valence-electron chi connectivity index (χ0n) is 15.5. The lowest BCUT2D eigenvalue weighted by Gasteiger charge is -2.24. The van der Waals surface area contributed by atoms with Crippen molar-refractivity contribution in [3.63, 3.8) is 0 Å². The summed E-state index contributed by atoms with van der Waals surface area (Å²) in [5.74, 6) is 2.17. The van der Waals surface area contributed by atoms with Gasteiger partial charge < -0.3 is 9.32 Å². The first-order valence-electron chi connectivity index (χ1n) is 8.99. The number of aromatic nitrogens is 2. The van der Waals surface area contributed by atoms with E-state index >= 15 is 0 Å². The zero-order valence-corrected chi connectivity index (χ0v) is 15.5. The smallest absolute Gasteiger partial charge is 0.223 e. The topological polar surface area (TPSA) is 59.2 Å². The number of carbonyl (C=O) groups is 1. The van der Waals surface area contributed by atoms with Crippen molar-refractivity contribution in [3.05, 3.63) is 47.9 Å². The minimum Gasteiger partial charge on any atom is -0.445 e. The van der Waals surface area contributed by atoms with E-state index in [1.807, 2.05) is 17.2 Å². The second-order valence-electron chi connectivity index (χ2n) is 8.06. The van der Waals surface area contributed by atoms with E-state index in [1.54, 1.807) is 12.4 Å². The average Bonchev–Trinajstić information content (AvgIpc) is 3.20. The maximum atomic E-state index is 12.8. The van der Waals surface area contributed by atoms with Gasteiger partial charge in [-0.05, 0) is 24.0 Å². The average molecular weight is 341 g/mol. The van der Waals surface area contributed by atoms with E-state index in [4.69, 9.17) is 4.42 Å². The Morgan fingerprint density at radius 1 is 1.36 bits per heavy atom. The van der Waals surface area contributed by atoms with Gasteiger partial charge in [0.15, 0.2) is 5.89 Å². The third-order valence-electron chi connectivity index (χ3n) is 4.75. The molecule has 2 aromatic heterocycles. The number of carbonyl (C=O) groups excluding carboxylic acids is 1. The molecular formula is C20H27N3O2. The van der Waals surface area contributed by atoms with Crippen LogP contribution in [0.1, 0.15) is 63.8 Å². The van der Waals surface area contributed by atoms with Crippen LogP contribution in [0.4, 0.5) is 0 Å². The van der Waals surface area contributed by atoms with E-state index in [1.165, 1.54) is 0 Å². The fourth-order valence-corrected chi connectivity index (χ4v) is 3.34. The molecule has 5 heteroatoms. The summed E-state index contributed by atoms with van der Waals surface area (Å²) in [7, 11) is 0. The molecule has 1 fully saturated rings. The van der Waals surface area contributed by atoms with Crippen molar-refractivity contribution in [2.75, 3.05) is 6.54 Å². The number of pyridine rings is 1. The van der Waals surface area contributed by atoms with Crippen LogP contribution in [-0.2, 0) is 16.6 Å². The molecule has 2 atom stereocenters. The molecule has 0 saturated carbocycles. The second kappa shape index (κ2) is 6.98. The van der Waals surface area contributed by atoms with Crippen molar-refractivity contribution in [3.8, 4) is 0 Å². The monoisotopic (exact) mass is 341 g/mol. The van der Waals surface area contributed by atoms with Crippen LogP contribution >= 0.6 is 0 Å². The standard InChI is InChI=1S/C20H27N3O2/c1-14-10-16(15-6-5-9-21-11-15)23(13-14)19(24)8-7-18-22-12-17(25-18)20(2,3)4/h5-6,9,11-12,14,16H,7-8,10,13H2,1-4H3/t14-,16-/m1/s1. The summed E-state index contributed by atoms with van der Waals surface area (Å²) in [6.07, 6.45) is 7.37. The molecule has 134 valence electrons. The number of oxazole rings is 1. The fraction of sp³-hybridized carbons (Fsp3) is 0.550. The Labute approximate surface area is 149 Å². The normalized spacial score (nSPS) is 20.9. The number of hydrogen-bond acceptors (Lipinski definition) is 4. The summed E-state index contributed by atoms with van der Waals surface area (Å²) in [5, 5.41) is 0. The van der Waals surface area contributed by atoms with Gasteiger partial charge in [-0.25, -0.2) is 4.98 Å². The van der Waals surface area contributed by atoms with Gasteiger partial charge in [0, 0.05) is 37.2 Å². The third kappa shape index (κ3) is 4.09. The van der Waals surface area contributed by atoms with E-state index < -0.39 is 0 Å². The molecule has 3 rings (SSSR count). The van der Waals surface area contributed by atoms with Crippen molar-refractivity contribution in [1.82, 2.24) is 14.9 Å². The molecule has 0 unspecified atom stereocenters. The molecule has 0 spiro atoms. The largest absolute Gasteiger partial charge is 0.445 e. The first-order valence-corrected chi connectivity index (χ1v) is 8.99. The lowest BCUT2D eigenvalue weighted by molar-refractivity contribution is -0.132. The predicted octanol–water partition coefficient (Wildman–Crippen LogP) is 3.91. The molecule has 1 amide bonds. The summed E-state index contributed by atoms with van der Waals surface area (Å²) >= 11 is 0. The number of amides is 1. The molecule has 25 heavy (non-hydrogen) atoms. The lowest BCUT2D eigenvalue weighted by atomic mass is 9.94. The Bertz CT molecular complexity index is 718. The maximum Gasteiger partial charge on any atom is 0.223 e. The molecule has 0 radical (unpaired) electrons. The Hall–Kier alpha value is -2.17. The summed E-state index contributed by atoms with van der Waals surface area (Å²) < 4.78 is 5.80. The molecule has 1 aliphatic heterocycles. The van der Waals surface area contributed by atoms with Crippen LogP contribution < -0.4 is 0 Å². The van der Waals surface area contributed by atoms with Gasteiger partial charge in [-0.3, -0.25) is 9.78 Å². The van der Waals surface area contributed by atoms with E-state index in [0.29, 0.717) is 24.7 Å². The van der Waals surface area contributed by atoms with Crippen molar-refractivity contribution >= 4 is 5.91 Å². The van der Waals surface area contributed by atoms with Crippen molar-refractivity contribution in [1.29, 1.82) is 0 Å². The van der Waals surface area contributed by atoms with Crippen LogP contribution in [0.2, 0.25) is 0 Å². The minimum atomic E-state index is -0.0644. The van der Waals surface area contributed by atoms with Gasteiger partial charge in [-0.15, -0.1) is 0 Å². The van der Waals surface area contributed by atoms with E-state index in [0.717, 1.165) is 24.3 Å². The number of rotatable bonds is 4. The molecule has 0 bridgehead atoms. The minimum absolute atomic E-state index is 0.0644. The van der Waals surface area contributed by atoms with Crippen LogP contribution in [0.15, 0.2) is 35.1 Å². The summed E-state index contributed by atoms with van der Waals surface area (Å²) in [4.78, 5) is 23.3. The Morgan fingerprint density at radius 2 is 2.16 bits per heavy atom. The maximum absolute atomic E-state index is 12.8. The van der Waals surface area contributed by atoms with Crippen molar-refractivity contribution in [2.45, 2.75) is 58.4 Å². The number of nitrogens with zero attached hydrogens (tertiary/aromatic N) is 3. The third-order valence-corrected chi connectivity index (χ3v) is 4.75. The highest BCUT2D eigenvalue weighted by Crippen LogP contribution is 2.35. The van der Waals surface area contributed by atoms with Crippen LogP contribution in [0.25, 0.3) is 0 Å². The van der Waals surface area contributed by atoms with Crippen LogP contribution in [0.5, 0.6) is 0 Å². The fourth-order valence-electron chi connectivity index (χ4n) is 3.34. The second-order valence-corrected chi connectivity index (χ2v) is 8.06. The molecule has 1 saturated heterocycles. The van der Waals surface area contributed by atoms with Crippen LogP contribution in [-0.4, -0.2) is 27.3 Å². The van der Waals surface area contributed by atoms with Gasteiger partial charge >= 0.3 is 0 Å². The SMILES string of the molecule is C[C@@H]1C[C@H](c2cccnc2)N(C(=O)CCc2ncc(C(C)(C)C)o2)C1. The summed E-state index contributed by atoms with van der Waals surface area (Å²) in [6, 6.07) is 4.12. The van der Waals surface area contributed by atoms with Crippen LogP contribution in [0, 0.1) is 5.92 Å². The molecule has 5 nitrogen and oxygen atoms in total. The predicted molar refractivity (Wildman–Crippen MR) is 96.0 cm³/mol. The van der Waals surface area contributed by atoms with Gasteiger partial charge in [0.05, 0.1) is 12.2 Å². The Kier molecular flexibility index (Phi) is 4.93. The van der Waals surface area contributed by atoms with Crippen molar-refractivity contribution in [2.24, 2.45) is 5.92 Å². The molecular weight excluding hydrogens is 314 g/mol. The van der Waals surface area contributed by atoms with Crippen LogP contribution in [0.3, 0.4) is 0 Å². The summed E-state index contributed by atoms with van der Waals surface area (Å²) in [6.45, 7) is 9.27. The quantitative estimate of drug-likeness (QED) is 0.846. The highest BCUT2D eigenvalue weighted by molar-refractivity contribution is 5.77. The molecule has 0 N–H and O–H groups in total. The highest BCUT2D eigenvalue weighted by Gasteiger charge is 2.34.